The number of carboxylic acids is 1. The summed E-state index contributed by atoms with van der Waals surface area (Å²) in [5.41, 5.74) is 0.406. The third kappa shape index (κ3) is 2.52. The Morgan fingerprint density at radius 2 is 2.06 bits per heavy atom. The monoisotopic (exact) mass is 265 g/mol. The summed E-state index contributed by atoms with van der Waals surface area (Å²) in [6.07, 6.45) is 2.62. The van der Waals surface area contributed by atoms with E-state index in [-0.39, 0.29) is 11.3 Å². The molecule has 0 saturated carbocycles. The Kier molecular flexibility index (Phi) is 3.34. The smallest absolute Gasteiger partial charge is 0.337 e. The lowest BCUT2D eigenvalue weighted by Gasteiger charge is -2.07. The van der Waals surface area contributed by atoms with Gasteiger partial charge in [0.05, 0.1) is 23.1 Å². The molecule has 1 heterocycles. The number of carboxylic acid groups (broad SMARTS) is 1. The van der Waals surface area contributed by atoms with E-state index < -0.39 is 11.9 Å². The first kappa shape index (κ1) is 12.2. The molecule has 1 amide bonds. The van der Waals surface area contributed by atoms with Crippen molar-refractivity contribution in [1.29, 1.82) is 0 Å². The van der Waals surface area contributed by atoms with Crippen LogP contribution in [0.4, 0.5) is 5.69 Å². The lowest BCUT2D eigenvalue weighted by atomic mass is 10.1. The molecule has 18 heavy (non-hydrogen) atoms. The van der Waals surface area contributed by atoms with Crippen molar-refractivity contribution in [1.82, 2.24) is 0 Å². The van der Waals surface area contributed by atoms with Crippen molar-refractivity contribution in [2.24, 2.45) is 0 Å². The van der Waals surface area contributed by atoms with E-state index in [0.717, 1.165) is 0 Å². The summed E-state index contributed by atoms with van der Waals surface area (Å²) < 4.78 is 4.77. The molecule has 0 spiro atoms. The van der Waals surface area contributed by atoms with Gasteiger partial charge in [0.25, 0.3) is 5.91 Å². The quantitative estimate of drug-likeness (QED) is 0.894. The van der Waals surface area contributed by atoms with Crippen LogP contribution in [0.1, 0.15) is 20.7 Å². The molecule has 5 nitrogen and oxygen atoms in total. The Morgan fingerprint density at radius 1 is 1.28 bits per heavy atom. The zero-order chi connectivity index (χ0) is 13.1. The molecular formula is C12H8ClNO4. The average Bonchev–Trinajstić information content (AvgIpc) is 2.81. The maximum absolute atomic E-state index is 11.8. The number of carbonyl (C=O) groups is 2. The Morgan fingerprint density at radius 3 is 2.67 bits per heavy atom. The molecular weight excluding hydrogens is 258 g/mol. The average molecular weight is 266 g/mol. The number of amides is 1. The van der Waals surface area contributed by atoms with E-state index in [2.05, 4.69) is 5.32 Å². The first-order valence-corrected chi connectivity index (χ1v) is 5.32. The lowest BCUT2D eigenvalue weighted by Crippen LogP contribution is -2.14. The number of anilines is 1. The van der Waals surface area contributed by atoms with E-state index >= 15 is 0 Å². The Bertz CT molecular complexity index is 592. The Labute approximate surface area is 107 Å². The van der Waals surface area contributed by atoms with Gasteiger partial charge < -0.3 is 14.8 Å². The minimum absolute atomic E-state index is 0.0313. The van der Waals surface area contributed by atoms with Gasteiger partial charge in [-0.25, -0.2) is 4.79 Å². The van der Waals surface area contributed by atoms with Crippen LogP contribution < -0.4 is 5.32 Å². The molecule has 0 radical (unpaired) electrons. The number of carbonyl (C=O) groups excluding carboxylic acids is 1. The fraction of sp³-hybridized carbons (Fsp3) is 0. The topological polar surface area (TPSA) is 79.5 Å². The molecule has 0 fully saturated rings. The second-order valence-electron chi connectivity index (χ2n) is 3.46. The largest absolute Gasteiger partial charge is 0.478 e. The highest BCUT2D eigenvalue weighted by molar-refractivity contribution is 6.31. The number of halogens is 1. The van der Waals surface area contributed by atoms with Crippen molar-refractivity contribution in [3.63, 3.8) is 0 Å². The Balaban J connectivity index is 2.31. The summed E-state index contributed by atoms with van der Waals surface area (Å²) in [6.45, 7) is 0. The van der Waals surface area contributed by atoms with Crippen LogP contribution in [0.2, 0.25) is 5.02 Å². The van der Waals surface area contributed by atoms with Crippen LogP contribution in [0.5, 0.6) is 0 Å². The van der Waals surface area contributed by atoms with Gasteiger partial charge in [0.15, 0.2) is 0 Å². The van der Waals surface area contributed by atoms with Gasteiger partial charge in [0, 0.05) is 5.02 Å². The zero-order valence-corrected chi connectivity index (χ0v) is 9.77. The molecule has 0 bridgehead atoms. The lowest BCUT2D eigenvalue weighted by molar-refractivity contribution is 0.0698. The van der Waals surface area contributed by atoms with Crippen LogP contribution >= 0.6 is 11.6 Å². The molecule has 1 aromatic carbocycles. The highest BCUT2D eigenvalue weighted by atomic mass is 35.5. The second kappa shape index (κ2) is 4.93. The molecule has 0 atom stereocenters. The Hall–Kier alpha value is -2.27. The molecule has 2 rings (SSSR count). The van der Waals surface area contributed by atoms with E-state index in [4.69, 9.17) is 21.1 Å². The van der Waals surface area contributed by atoms with Crippen molar-refractivity contribution >= 4 is 29.2 Å². The molecule has 1 aromatic heterocycles. The minimum atomic E-state index is -1.14. The molecule has 2 N–H and O–H groups in total. The van der Waals surface area contributed by atoms with E-state index in [9.17, 15) is 9.59 Å². The van der Waals surface area contributed by atoms with Crippen molar-refractivity contribution in [2.75, 3.05) is 5.32 Å². The number of nitrogens with one attached hydrogen (secondary N) is 1. The predicted molar refractivity (Wildman–Crippen MR) is 65.1 cm³/mol. The van der Waals surface area contributed by atoms with Gasteiger partial charge in [-0.2, -0.15) is 0 Å². The van der Waals surface area contributed by atoms with E-state index in [1.165, 1.54) is 36.8 Å². The van der Waals surface area contributed by atoms with Crippen molar-refractivity contribution in [3.8, 4) is 0 Å². The van der Waals surface area contributed by atoms with Crippen LogP contribution in [-0.2, 0) is 0 Å². The molecule has 0 aliphatic carbocycles. The van der Waals surface area contributed by atoms with Gasteiger partial charge in [-0.1, -0.05) is 11.6 Å². The summed E-state index contributed by atoms with van der Waals surface area (Å²) in [4.78, 5) is 22.7. The van der Waals surface area contributed by atoms with Gasteiger partial charge in [-0.05, 0) is 24.3 Å². The molecule has 0 aliphatic heterocycles. The molecule has 0 aliphatic rings. The van der Waals surface area contributed by atoms with Crippen LogP contribution in [0.15, 0.2) is 41.2 Å². The summed E-state index contributed by atoms with van der Waals surface area (Å²) in [5.74, 6) is -1.61. The van der Waals surface area contributed by atoms with Gasteiger partial charge in [0.2, 0.25) is 0 Å². The fourth-order valence-corrected chi connectivity index (χ4v) is 1.57. The van der Waals surface area contributed by atoms with Crippen LogP contribution in [0, 0.1) is 0 Å². The SMILES string of the molecule is O=C(Nc1cc(Cl)ccc1C(=O)O)c1ccoc1. The third-order valence-electron chi connectivity index (χ3n) is 2.24. The number of benzene rings is 1. The van der Waals surface area contributed by atoms with Crippen LogP contribution in [0.3, 0.4) is 0 Å². The van der Waals surface area contributed by atoms with Crippen LogP contribution in [-0.4, -0.2) is 17.0 Å². The third-order valence-corrected chi connectivity index (χ3v) is 2.48. The minimum Gasteiger partial charge on any atom is -0.478 e. The summed E-state index contributed by atoms with van der Waals surface area (Å²) >= 11 is 5.77. The highest BCUT2D eigenvalue weighted by Gasteiger charge is 2.14. The second-order valence-corrected chi connectivity index (χ2v) is 3.90. The van der Waals surface area contributed by atoms with Gasteiger partial charge in [-0.15, -0.1) is 0 Å². The van der Waals surface area contributed by atoms with E-state index in [1.807, 2.05) is 0 Å². The van der Waals surface area contributed by atoms with E-state index in [0.29, 0.717) is 10.6 Å². The number of furan rings is 1. The van der Waals surface area contributed by atoms with Crippen molar-refractivity contribution < 1.29 is 19.1 Å². The normalized spacial score (nSPS) is 10.1. The van der Waals surface area contributed by atoms with Crippen molar-refractivity contribution in [2.45, 2.75) is 0 Å². The molecule has 6 heteroatoms. The number of aromatic carboxylic acids is 1. The summed E-state index contributed by atoms with van der Waals surface area (Å²) in [5, 5.41) is 11.8. The summed E-state index contributed by atoms with van der Waals surface area (Å²) in [6, 6.07) is 5.62. The standard InChI is InChI=1S/C12H8ClNO4/c13-8-1-2-9(12(16)17)10(5-8)14-11(15)7-3-4-18-6-7/h1-6H,(H,14,15)(H,16,17). The predicted octanol–water partition coefficient (Wildman–Crippen LogP) is 2.88. The fourth-order valence-electron chi connectivity index (χ4n) is 1.39. The number of rotatable bonds is 3. The first-order valence-electron chi connectivity index (χ1n) is 4.94. The maximum Gasteiger partial charge on any atom is 0.337 e. The van der Waals surface area contributed by atoms with Gasteiger partial charge >= 0.3 is 5.97 Å². The van der Waals surface area contributed by atoms with E-state index in [1.54, 1.807) is 0 Å². The highest BCUT2D eigenvalue weighted by Crippen LogP contribution is 2.21. The van der Waals surface area contributed by atoms with Crippen LogP contribution in [0.25, 0.3) is 0 Å². The molecule has 0 unspecified atom stereocenters. The maximum atomic E-state index is 11.8. The summed E-state index contributed by atoms with van der Waals surface area (Å²) in [7, 11) is 0. The number of hydrogen-bond donors (Lipinski definition) is 2. The van der Waals surface area contributed by atoms with Gasteiger partial charge in [0.1, 0.15) is 6.26 Å². The molecule has 2 aromatic rings. The van der Waals surface area contributed by atoms with Gasteiger partial charge in [-0.3, -0.25) is 4.79 Å². The molecule has 0 saturated heterocycles. The zero-order valence-electron chi connectivity index (χ0n) is 9.01. The first-order chi connectivity index (χ1) is 8.58. The van der Waals surface area contributed by atoms with Crippen molar-refractivity contribution in [3.05, 3.63) is 52.9 Å². The number of hydrogen-bond acceptors (Lipinski definition) is 3. The molecule has 92 valence electrons.